The number of benzene rings is 3. The van der Waals surface area contributed by atoms with Crippen LogP contribution in [0.15, 0.2) is 72.8 Å². The second kappa shape index (κ2) is 7.04. The Kier molecular flexibility index (Phi) is 4.84. The lowest BCUT2D eigenvalue weighted by Gasteiger charge is -2.31. The first-order chi connectivity index (χ1) is 11.5. The van der Waals surface area contributed by atoms with Gasteiger partial charge in [-0.05, 0) is 35.0 Å². The van der Waals surface area contributed by atoms with Crippen LogP contribution in [-0.2, 0) is 0 Å². The van der Waals surface area contributed by atoms with Crippen molar-refractivity contribution in [3.05, 3.63) is 72.8 Å². The molecule has 0 aliphatic rings. The zero-order valence-electron chi connectivity index (χ0n) is 14.2. The fraction of sp³-hybridized carbons (Fsp3) is 0.238. The number of para-hydroxylation sites is 1. The molecule has 0 fully saturated rings. The summed E-state index contributed by atoms with van der Waals surface area (Å²) in [7, 11) is 4.18. The Morgan fingerprint density at radius 2 is 1.54 bits per heavy atom. The van der Waals surface area contributed by atoms with Gasteiger partial charge in [-0.15, -0.1) is 0 Å². The summed E-state index contributed by atoms with van der Waals surface area (Å²) in [5, 5.41) is 12.7. The Labute approximate surface area is 143 Å². The summed E-state index contributed by atoms with van der Waals surface area (Å²) in [6.07, 6.45) is -0.535. The number of fused-ring (bicyclic) bond motifs is 1. The maximum Gasteiger partial charge on any atom is 0.137 e. The van der Waals surface area contributed by atoms with Gasteiger partial charge in [-0.25, -0.2) is 0 Å². The average Bonchev–Trinajstić information content (AvgIpc) is 2.60. The minimum atomic E-state index is -0.535. The van der Waals surface area contributed by atoms with E-state index >= 15 is 0 Å². The van der Waals surface area contributed by atoms with E-state index in [1.54, 1.807) is 0 Å². The van der Waals surface area contributed by atoms with E-state index < -0.39 is 6.10 Å². The lowest BCUT2D eigenvalue weighted by Crippen LogP contribution is -2.47. The highest BCUT2D eigenvalue weighted by Crippen LogP contribution is 2.21. The molecule has 1 atom stereocenters. The standard InChI is InChI=1S/C21H24NO2/c1-22(2,19-10-4-3-5-11-19)15-20(23)16-24-21-13-12-17-8-6-7-9-18(17)14-21/h3-14,20,23H,15-16H2,1-2H3/q+1. The fourth-order valence-electron chi connectivity index (χ4n) is 2.97. The van der Waals surface area contributed by atoms with Gasteiger partial charge in [0, 0.05) is 0 Å². The number of hydrogen-bond donors (Lipinski definition) is 1. The minimum Gasteiger partial charge on any atom is -0.491 e. The maximum absolute atomic E-state index is 10.4. The lowest BCUT2D eigenvalue weighted by molar-refractivity contribution is 0.0841. The van der Waals surface area contributed by atoms with Crippen molar-refractivity contribution in [3.63, 3.8) is 0 Å². The monoisotopic (exact) mass is 322 g/mol. The van der Waals surface area contributed by atoms with Crippen LogP contribution in [-0.4, -0.2) is 38.5 Å². The van der Waals surface area contributed by atoms with Crippen molar-refractivity contribution in [1.82, 2.24) is 4.48 Å². The Bertz CT molecular complexity index is 799. The predicted molar refractivity (Wildman–Crippen MR) is 100 cm³/mol. The first kappa shape index (κ1) is 16.5. The number of hydrogen-bond acceptors (Lipinski definition) is 2. The SMILES string of the molecule is C[N+](C)(CC(O)COc1ccc2ccccc2c1)c1ccccc1. The van der Waals surface area contributed by atoms with Crippen molar-refractivity contribution in [2.75, 3.05) is 27.2 Å². The molecule has 1 N–H and O–H groups in total. The summed E-state index contributed by atoms with van der Waals surface area (Å²) in [6.45, 7) is 0.879. The van der Waals surface area contributed by atoms with Crippen LogP contribution in [0.1, 0.15) is 0 Å². The maximum atomic E-state index is 10.4. The van der Waals surface area contributed by atoms with Gasteiger partial charge in [0.2, 0.25) is 0 Å². The molecular formula is C21H24NO2+. The smallest absolute Gasteiger partial charge is 0.137 e. The third-order valence-electron chi connectivity index (χ3n) is 4.29. The summed E-state index contributed by atoms with van der Waals surface area (Å²) in [6, 6.07) is 24.4. The molecule has 0 amide bonds. The molecule has 3 nitrogen and oxygen atoms in total. The Balaban J connectivity index is 1.61. The van der Waals surface area contributed by atoms with Crippen molar-refractivity contribution >= 4 is 16.5 Å². The van der Waals surface area contributed by atoms with Gasteiger partial charge in [-0.2, -0.15) is 0 Å². The van der Waals surface area contributed by atoms with Gasteiger partial charge >= 0.3 is 0 Å². The van der Waals surface area contributed by atoms with E-state index in [-0.39, 0.29) is 6.61 Å². The molecule has 3 aromatic carbocycles. The van der Waals surface area contributed by atoms with Crippen LogP contribution in [0, 0.1) is 0 Å². The summed E-state index contributed by atoms with van der Waals surface area (Å²) >= 11 is 0. The number of likely N-dealkylation sites (N-methyl/N-ethyl adjacent to an activating group) is 1. The average molecular weight is 322 g/mol. The van der Waals surface area contributed by atoms with E-state index in [2.05, 4.69) is 38.4 Å². The van der Waals surface area contributed by atoms with E-state index in [1.807, 2.05) is 48.5 Å². The second-order valence-electron chi connectivity index (χ2n) is 6.68. The zero-order chi connectivity index (χ0) is 17.0. The number of ether oxygens (including phenoxy) is 1. The largest absolute Gasteiger partial charge is 0.491 e. The van der Waals surface area contributed by atoms with Crippen LogP contribution in [0.5, 0.6) is 5.75 Å². The molecule has 0 aliphatic heterocycles. The highest BCUT2D eigenvalue weighted by atomic mass is 16.5. The second-order valence-corrected chi connectivity index (χ2v) is 6.68. The van der Waals surface area contributed by atoms with E-state index in [0.29, 0.717) is 11.0 Å². The molecule has 0 aromatic heterocycles. The molecule has 3 aromatic rings. The molecule has 0 heterocycles. The zero-order valence-corrected chi connectivity index (χ0v) is 14.2. The summed E-state index contributed by atoms with van der Waals surface area (Å²) in [5.41, 5.74) is 1.17. The number of aliphatic hydroxyl groups is 1. The number of rotatable bonds is 6. The Morgan fingerprint density at radius 3 is 2.29 bits per heavy atom. The lowest BCUT2D eigenvalue weighted by atomic mass is 10.1. The van der Waals surface area contributed by atoms with Crippen LogP contribution in [0.2, 0.25) is 0 Å². The first-order valence-electron chi connectivity index (χ1n) is 8.23. The van der Waals surface area contributed by atoms with Crippen LogP contribution in [0.3, 0.4) is 0 Å². The van der Waals surface area contributed by atoms with Crippen molar-refractivity contribution in [2.45, 2.75) is 6.10 Å². The quantitative estimate of drug-likeness (QED) is 0.699. The van der Waals surface area contributed by atoms with E-state index in [0.717, 1.165) is 11.1 Å². The van der Waals surface area contributed by atoms with E-state index in [4.69, 9.17) is 4.74 Å². The van der Waals surface area contributed by atoms with E-state index in [9.17, 15) is 5.11 Å². The highest BCUT2D eigenvalue weighted by Gasteiger charge is 2.23. The molecule has 24 heavy (non-hydrogen) atoms. The Morgan fingerprint density at radius 1 is 0.875 bits per heavy atom. The molecule has 124 valence electrons. The number of aliphatic hydroxyl groups excluding tert-OH is 1. The Hall–Kier alpha value is -2.36. The summed E-state index contributed by atoms with van der Waals surface area (Å²) < 4.78 is 6.41. The molecular weight excluding hydrogens is 298 g/mol. The van der Waals surface area contributed by atoms with Gasteiger partial charge in [-0.3, -0.25) is 4.48 Å². The summed E-state index contributed by atoms with van der Waals surface area (Å²) in [4.78, 5) is 0. The van der Waals surface area contributed by atoms with Gasteiger partial charge in [0.05, 0.1) is 14.1 Å². The van der Waals surface area contributed by atoms with Crippen molar-refractivity contribution in [1.29, 1.82) is 0 Å². The van der Waals surface area contributed by atoms with Crippen molar-refractivity contribution < 1.29 is 9.84 Å². The molecule has 0 bridgehead atoms. The minimum absolute atomic E-state index is 0.285. The molecule has 0 aliphatic carbocycles. The molecule has 0 spiro atoms. The van der Waals surface area contributed by atoms with Crippen LogP contribution in [0.25, 0.3) is 10.8 Å². The van der Waals surface area contributed by atoms with Crippen LogP contribution < -0.4 is 9.22 Å². The molecule has 3 heteroatoms. The third kappa shape index (κ3) is 3.94. The summed E-state index contributed by atoms with van der Waals surface area (Å²) in [5.74, 6) is 0.790. The topological polar surface area (TPSA) is 29.5 Å². The van der Waals surface area contributed by atoms with E-state index in [1.165, 1.54) is 11.1 Å². The predicted octanol–water partition coefficient (Wildman–Crippen LogP) is 3.85. The van der Waals surface area contributed by atoms with Gasteiger partial charge in [0.1, 0.15) is 30.7 Å². The molecule has 0 saturated carbocycles. The van der Waals surface area contributed by atoms with Crippen LogP contribution >= 0.6 is 0 Å². The molecule has 0 radical (unpaired) electrons. The number of quaternary nitrogens is 1. The molecule has 3 rings (SSSR count). The van der Waals surface area contributed by atoms with Crippen molar-refractivity contribution in [2.24, 2.45) is 0 Å². The normalized spacial score (nSPS) is 13.0. The molecule has 0 saturated heterocycles. The van der Waals surface area contributed by atoms with Crippen molar-refractivity contribution in [3.8, 4) is 5.75 Å². The van der Waals surface area contributed by atoms with Gasteiger partial charge in [-0.1, -0.05) is 48.5 Å². The first-order valence-corrected chi connectivity index (χ1v) is 8.23. The fourth-order valence-corrected chi connectivity index (χ4v) is 2.97. The third-order valence-corrected chi connectivity index (χ3v) is 4.29. The van der Waals surface area contributed by atoms with Gasteiger partial charge in [0.25, 0.3) is 0 Å². The highest BCUT2D eigenvalue weighted by molar-refractivity contribution is 5.83. The van der Waals surface area contributed by atoms with Gasteiger partial charge < -0.3 is 9.84 Å². The number of nitrogens with zero attached hydrogens (tertiary/aromatic N) is 1. The molecule has 1 unspecified atom stereocenters. The van der Waals surface area contributed by atoms with Gasteiger partial charge in [0.15, 0.2) is 0 Å². The van der Waals surface area contributed by atoms with Crippen LogP contribution in [0.4, 0.5) is 5.69 Å².